The lowest BCUT2D eigenvalue weighted by atomic mass is 10.3. The van der Waals surface area contributed by atoms with Gasteiger partial charge in [-0.1, -0.05) is 0 Å². The number of methoxy groups -OCH3 is 1. The van der Waals surface area contributed by atoms with Gasteiger partial charge in [0.15, 0.2) is 0 Å². The smallest absolute Gasteiger partial charge is 0.0719 e. The van der Waals surface area contributed by atoms with Crippen LogP contribution in [0.1, 0.15) is 12.8 Å². The Balaban J connectivity index is 2.15. The van der Waals surface area contributed by atoms with Crippen molar-refractivity contribution < 1.29 is 4.74 Å². The Labute approximate surface area is 72.3 Å². The first-order valence-corrected chi connectivity index (χ1v) is 4.10. The number of nitrogen functional groups attached to an aromatic ring is 1. The van der Waals surface area contributed by atoms with Crippen LogP contribution in [0.25, 0.3) is 0 Å². The number of ether oxygens (including phenoxy) is 1. The number of nitrogens with zero attached hydrogens (tertiary/aromatic N) is 2. The van der Waals surface area contributed by atoms with Crippen molar-refractivity contribution in [2.45, 2.75) is 19.4 Å². The zero-order chi connectivity index (χ0) is 8.81. The standard InChI is InChI=1S/C8H15N3O/c1-12-5-3-2-4-11-7-8(9)6-10-11/h6-7H,2-5,9H2,1H3. The van der Waals surface area contributed by atoms with Crippen molar-refractivity contribution in [3.8, 4) is 0 Å². The minimum absolute atomic E-state index is 0.724. The van der Waals surface area contributed by atoms with Crippen LogP contribution < -0.4 is 5.73 Å². The second-order valence-corrected chi connectivity index (χ2v) is 2.74. The van der Waals surface area contributed by atoms with E-state index in [4.69, 9.17) is 10.5 Å². The Kier molecular flexibility index (Phi) is 3.60. The highest BCUT2D eigenvalue weighted by molar-refractivity contribution is 5.30. The number of aryl methyl sites for hydroxylation is 1. The maximum atomic E-state index is 5.50. The van der Waals surface area contributed by atoms with Crippen molar-refractivity contribution in [1.82, 2.24) is 9.78 Å². The molecule has 4 nitrogen and oxygen atoms in total. The quantitative estimate of drug-likeness (QED) is 0.666. The molecular formula is C8H15N3O. The van der Waals surface area contributed by atoms with Crippen LogP contribution in [0.15, 0.2) is 12.4 Å². The number of aromatic nitrogens is 2. The zero-order valence-corrected chi connectivity index (χ0v) is 7.36. The normalized spacial score (nSPS) is 10.4. The van der Waals surface area contributed by atoms with Gasteiger partial charge in [0.2, 0.25) is 0 Å². The van der Waals surface area contributed by atoms with Gasteiger partial charge < -0.3 is 10.5 Å². The lowest BCUT2D eigenvalue weighted by Crippen LogP contribution is -1.99. The molecule has 1 aromatic heterocycles. The van der Waals surface area contributed by atoms with Crippen LogP contribution in [0, 0.1) is 0 Å². The molecule has 0 amide bonds. The molecule has 2 N–H and O–H groups in total. The van der Waals surface area contributed by atoms with Crippen LogP contribution in [0.3, 0.4) is 0 Å². The van der Waals surface area contributed by atoms with Crippen LogP contribution in [0.2, 0.25) is 0 Å². The van der Waals surface area contributed by atoms with E-state index in [1.807, 2.05) is 10.9 Å². The van der Waals surface area contributed by atoms with Gasteiger partial charge >= 0.3 is 0 Å². The average Bonchev–Trinajstić information content (AvgIpc) is 2.45. The average molecular weight is 169 g/mol. The molecule has 1 heterocycles. The highest BCUT2D eigenvalue weighted by Crippen LogP contribution is 2.00. The molecule has 4 heteroatoms. The highest BCUT2D eigenvalue weighted by atomic mass is 16.5. The fourth-order valence-electron chi connectivity index (χ4n) is 1.02. The predicted molar refractivity (Wildman–Crippen MR) is 47.7 cm³/mol. The third kappa shape index (κ3) is 2.92. The molecule has 0 spiro atoms. The first-order valence-electron chi connectivity index (χ1n) is 4.10. The molecule has 0 atom stereocenters. The summed E-state index contributed by atoms with van der Waals surface area (Å²) in [5.74, 6) is 0. The van der Waals surface area contributed by atoms with Gasteiger partial charge in [0.1, 0.15) is 0 Å². The monoisotopic (exact) mass is 169 g/mol. The Hall–Kier alpha value is -1.03. The summed E-state index contributed by atoms with van der Waals surface area (Å²) in [5.41, 5.74) is 6.22. The van der Waals surface area contributed by atoms with Gasteiger partial charge in [-0.3, -0.25) is 4.68 Å². The van der Waals surface area contributed by atoms with E-state index >= 15 is 0 Å². The van der Waals surface area contributed by atoms with Gasteiger partial charge in [-0.25, -0.2) is 0 Å². The summed E-state index contributed by atoms with van der Waals surface area (Å²) in [6, 6.07) is 0. The van der Waals surface area contributed by atoms with E-state index in [-0.39, 0.29) is 0 Å². The maximum absolute atomic E-state index is 5.50. The third-order valence-electron chi connectivity index (χ3n) is 1.64. The summed E-state index contributed by atoms with van der Waals surface area (Å²) in [4.78, 5) is 0. The molecule has 0 unspecified atom stereocenters. The van der Waals surface area contributed by atoms with E-state index in [1.165, 1.54) is 0 Å². The van der Waals surface area contributed by atoms with E-state index in [0.717, 1.165) is 31.7 Å². The van der Waals surface area contributed by atoms with E-state index in [2.05, 4.69) is 5.10 Å². The molecule has 0 bridgehead atoms. The largest absolute Gasteiger partial charge is 0.396 e. The topological polar surface area (TPSA) is 53.1 Å². The molecule has 0 saturated carbocycles. The molecule has 1 rings (SSSR count). The Bertz CT molecular complexity index is 222. The number of nitrogens with two attached hydrogens (primary N) is 1. The van der Waals surface area contributed by atoms with Crippen molar-refractivity contribution in [2.75, 3.05) is 19.5 Å². The summed E-state index contributed by atoms with van der Waals surface area (Å²) in [5, 5.41) is 4.06. The van der Waals surface area contributed by atoms with Crippen LogP contribution in [0.5, 0.6) is 0 Å². The molecule has 1 aromatic rings. The predicted octanol–water partition coefficient (Wildman–Crippen LogP) is 0.892. The molecular weight excluding hydrogens is 154 g/mol. The van der Waals surface area contributed by atoms with E-state index in [9.17, 15) is 0 Å². The summed E-state index contributed by atoms with van der Waals surface area (Å²) >= 11 is 0. The number of anilines is 1. The molecule has 0 aliphatic rings. The fraction of sp³-hybridized carbons (Fsp3) is 0.625. The lowest BCUT2D eigenvalue weighted by molar-refractivity contribution is 0.191. The van der Waals surface area contributed by atoms with Gasteiger partial charge in [0.05, 0.1) is 11.9 Å². The second-order valence-electron chi connectivity index (χ2n) is 2.74. The molecule has 0 aromatic carbocycles. The molecule has 0 radical (unpaired) electrons. The van der Waals surface area contributed by atoms with Crippen LogP contribution in [-0.4, -0.2) is 23.5 Å². The molecule has 0 fully saturated rings. The summed E-state index contributed by atoms with van der Waals surface area (Å²) in [6.45, 7) is 1.73. The van der Waals surface area contributed by atoms with Crippen LogP contribution in [-0.2, 0) is 11.3 Å². The van der Waals surface area contributed by atoms with Crippen molar-refractivity contribution in [1.29, 1.82) is 0 Å². The van der Waals surface area contributed by atoms with Crippen molar-refractivity contribution in [2.24, 2.45) is 0 Å². The summed E-state index contributed by atoms with van der Waals surface area (Å²) in [6.07, 6.45) is 5.65. The SMILES string of the molecule is COCCCCn1cc(N)cn1. The van der Waals surface area contributed by atoms with Gasteiger partial charge in [-0.05, 0) is 12.8 Å². The Morgan fingerprint density at radius 3 is 3.00 bits per heavy atom. The Morgan fingerprint density at radius 1 is 1.58 bits per heavy atom. The van der Waals surface area contributed by atoms with E-state index in [0.29, 0.717) is 0 Å². The minimum Gasteiger partial charge on any atom is -0.396 e. The second kappa shape index (κ2) is 4.77. The first-order chi connectivity index (χ1) is 5.83. The highest BCUT2D eigenvalue weighted by Gasteiger charge is 1.93. The molecule has 68 valence electrons. The molecule has 12 heavy (non-hydrogen) atoms. The molecule has 0 aliphatic heterocycles. The van der Waals surface area contributed by atoms with Crippen LogP contribution in [0.4, 0.5) is 5.69 Å². The van der Waals surface area contributed by atoms with Crippen molar-refractivity contribution in [3.05, 3.63) is 12.4 Å². The first kappa shape index (κ1) is 9.06. The van der Waals surface area contributed by atoms with Crippen molar-refractivity contribution in [3.63, 3.8) is 0 Å². The maximum Gasteiger partial charge on any atom is 0.0719 e. The van der Waals surface area contributed by atoms with E-state index < -0.39 is 0 Å². The zero-order valence-electron chi connectivity index (χ0n) is 7.36. The molecule has 0 saturated heterocycles. The van der Waals surface area contributed by atoms with Gasteiger partial charge in [-0.2, -0.15) is 5.10 Å². The number of unbranched alkanes of at least 4 members (excludes halogenated alkanes) is 1. The van der Waals surface area contributed by atoms with Gasteiger partial charge in [-0.15, -0.1) is 0 Å². The molecule has 0 aliphatic carbocycles. The minimum atomic E-state index is 0.724. The number of hydrogen-bond acceptors (Lipinski definition) is 3. The van der Waals surface area contributed by atoms with Crippen molar-refractivity contribution >= 4 is 5.69 Å². The lowest BCUT2D eigenvalue weighted by Gasteiger charge is -1.99. The Morgan fingerprint density at radius 2 is 2.42 bits per heavy atom. The van der Waals surface area contributed by atoms with Gasteiger partial charge in [0, 0.05) is 26.5 Å². The van der Waals surface area contributed by atoms with Crippen LogP contribution >= 0.6 is 0 Å². The fourth-order valence-corrected chi connectivity index (χ4v) is 1.02. The summed E-state index contributed by atoms with van der Waals surface area (Å²) in [7, 11) is 1.71. The van der Waals surface area contributed by atoms with Gasteiger partial charge in [0.25, 0.3) is 0 Å². The number of hydrogen-bond donors (Lipinski definition) is 1. The van der Waals surface area contributed by atoms with E-state index in [1.54, 1.807) is 13.3 Å². The third-order valence-corrected chi connectivity index (χ3v) is 1.64. The summed E-state index contributed by atoms with van der Waals surface area (Å²) < 4.78 is 6.78. The number of rotatable bonds is 5.